The summed E-state index contributed by atoms with van der Waals surface area (Å²) in [7, 11) is 0. The van der Waals surface area contributed by atoms with Crippen molar-refractivity contribution in [1.29, 1.82) is 0 Å². The number of anilines is 1. The monoisotopic (exact) mass is 380 g/mol. The van der Waals surface area contributed by atoms with Gasteiger partial charge in [0.05, 0.1) is 10.7 Å². The minimum atomic E-state index is -0.447. The number of hydrogen-bond donors (Lipinski definition) is 1. The average molecular weight is 381 g/mol. The van der Waals surface area contributed by atoms with Crippen LogP contribution >= 0.6 is 27.7 Å². The maximum Gasteiger partial charge on any atom is 0.269 e. The minimum absolute atomic E-state index is 0.0410. The van der Waals surface area contributed by atoms with Crippen LogP contribution in [0.3, 0.4) is 0 Å². The molecule has 0 atom stereocenters. The molecule has 0 spiro atoms. The minimum Gasteiger partial charge on any atom is -0.325 e. The zero-order valence-corrected chi connectivity index (χ0v) is 14.1. The van der Waals surface area contributed by atoms with E-state index in [0.29, 0.717) is 0 Å². The lowest BCUT2D eigenvalue weighted by molar-refractivity contribution is -0.384. The largest absolute Gasteiger partial charge is 0.325 e. The molecule has 0 fully saturated rings. The predicted molar refractivity (Wildman–Crippen MR) is 91.3 cm³/mol. The zero-order valence-electron chi connectivity index (χ0n) is 11.7. The summed E-state index contributed by atoms with van der Waals surface area (Å²) < 4.78 is 0.961. The number of rotatable bonds is 5. The van der Waals surface area contributed by atoms with Gasteiger partial charge in [0.1, 0.15) is 0 Å². The molecule has 0 unspecified atom stereocenters. The van der Waals surface area contributed by atoms with E-state index < -0.39 is 4.92 Å². The van der Waals surface area contributed by atoms with Crippen LogP contribution in [-0.4, -0.2) is 16.6 Å². The van der Waals surface area contributed by atoms with Crippen molar-refractivity contribution in [2.24, 2.45) is 0 Å². The second-order valence-electron chi connectivity index (χ2n) is 4.55. The summed E-state index contributed by atoms with van der Waals surface area (Å²) in [6.45, 7) is 1.92. The molecule has 0 saturated carbocycles. The van der Waals surface area contributed by atoms with E-state index in [-0.39, 0.29) is 17.3 Å². The fraction of sp³-hybridized carbons (Fsp3) is 0.133. The topological polar surface area (TPSA) is 72.2 Å². The molecule has 1 N–H and O–H groups in total. The Morgan fingerprint density at radius 1 is 1.27 bits per heavy atom. The second kappa shape index (κ2) is 7.42. The molecule has 5 nitrogen and oxygen atoms in total. The first-order valence-electron chi connectivity index (χ1n) is 6.39. The summed E-state index contributed by atoms with van der Waals surface area (Å²) in [6, 6.07) is 11.8. The molecule has 2 rings (SSSR count). The van der Waals surface area contributed by atoms with Gasteiger partial charge in [-0.2, -0.15) is 0 Å². The van der Waals surface area contributed by atoms with Gasteiger partial charge in [0, 0.05) is 27.2 Å². The summed E-state index contributed by atoms with van der Waals surface area (Å²) in [5, 5.41) is 13.4. The smallest absolute Gasteiger partial charge is 0.269 e. The van der Waals surface area contributed by atoms with Crippen LogP contribution in [0.15, 0.2) is 51.8 Å². The lowest BCUT2D eigenvalue weighted by Gasteiger charge is -2.08. The quantitative estimate of drug-likeness (QED) is 0.474. The predicted octanol–water partition coefficient (Wildman–Crippen LogP) is 4.40. The van der Waals surface area contributed by atoms with E-state index >= 15 is 0 Å². The van der Waals surface area contributed by atoms with Gasteiger partial charge in [0.2, 0.25) is 5.91 Å². The molecule has 0 aromatic heterocycles. The summed E-state index contributed by atoms with van der Waals surface area (Å²) in [5.41, 5.74) is 1.79. The highest BCUT2D eigenvalue weighted by atomic mass is 79.9. The number of aryl methyl sites for hydroxylation is 1. The van der Waals surface area contributed by atoms with E-state index in [2.05, 4.69) is 21.2 Å². The third-order valence-electron chi connectivity index (χ3n) is 2.88. The van der Waals surface area contributed by atoms with Crippen LogP contribution in [0, 0.1) is 17.0 Å². The number of thioether (sulfide) groups is 1. The average Bonchev–Trinajstić information content (AvgIpc) is 2.48. The van der Waals surface area contributed by atoms with Crippen LogP contribution in [0.1, 0.15) is 5.56 Å². The molecule has 0 aliphatic carbocycles. The lowest BCUT2D eigenvalue weighted by Crippen LogP contribution is -2.14. The number of amides is 1. The fourth-order valence-corrected chi connectivity index (χ4v) is 2.94. The lowest BCUT2D eigenvalue weighted by atomic mass is 10.2. The highest BCUT2D eigenvalue weighted by molar-refractivity contribution is 9.10. The Morgan fingerprint density at radius 2 is 1.95 bits per heavy atom. The number of halogens is 1. The number of hydrogen-bond acceptors (Lipinski definition) is 4. The molecular weight excluding hydrogens is 368 g/mol. The van der Waals surface area contributed by atoms with Crippen LogP contribution in [0.5, 0.6) is 0 Å². The van der Waals surface area contributed by atoms with Crippen LogP contribution < -0.4 is 5.32 Å². The Hall–Kier alpha value is -1.86. The maximum absolute atomic E-state index is 11.9. The van der Waals surface area contributed by atoms with Gasteiger partial charge in [-0.15, -0.1) is 11.8 Å². The van der Waals surface area contributed by atoms with Crippen molar-refractivity contribution in [1.82, 2.24) is 0 Å². The van der Waals surface area contributed by atoms with Gasteiger partial charge in [0.25, 0.3) is 5.69 Å². The van der Waals surface area contributed by atoms with E-state index in [1.807, 2.05) is 25.1 Å². The van der Waals surface area contributed by atoms with Gasteiger partial charge >= 0.3 is 0 Å². The Kier molecular flexibility index (Phi) is 5.57. The van der Waals surface area contributed by atoms with E-state index in [1.165, 1.54) is 23.9 Å². The Morgan fingerprint density at radius 3 is 2.55 bits per heavy atom. The van der Waals surface area contributed by atoms with Gasteiger partial charge in [-0.3, -0.25) is 14.9 Å². The first-order chi connectivity index (χ1) is 10.5. The summed E-state index contributed by atoms with van der Waals surface area (Å²) >= 11 is 4.71. The Balaban J connectivity index is 1.91. The third-order valence-corrected chi connectivity index (χ3v) is 4.39. The van der Waals surface area contributed by atoms with Crippen LogP contribution in [0.25, 0.3) is 0 Å². The van der Waals surface area contributed by atoms with Gasteiger partial charge in [-0.05, 0) is 42.8 Å². The zero-order chi connectivity index (χ0) is 16.1. The third kappa shape index (κ3) is 4.57. The van der Waals surface area contributed by atoms with Gasteiger partial charge < -0.3 is 5.32 Å². The number of nitro groups is 1. The fourth-order valence-electron chi connectivity index (χ4n) is 1.77. The van der Waals surface area contributed by atoms with Gasteiger partial charge in [-0.25, -0.2) is 0 Å². The molecule has 0 bridgehead atoms. The van der Waals surface area contributed by atoms with Crippen LogP contribution in [0.2, 0.25) is 0 Å². The van der Waals surface area contributed by atoms with E-state index in [4.69, 9.17) is 0 Å². The molecule has 2 aromatic carbocycles. The normalized spacial score (nSPS) is 10.3. The summed E-state index contributed by atoms with van der Waals surface area (Å²) in [5.74, 6) is 0.126. The molecule has 1 amide bonds. The molecule has 22 heavy (non-hydrogen) atoms. The highest BCUT2D eigenvalue weighted by Crippen LogP contribution is 2.23. The molecule has 0 saturated heterocycles. The Bertz CT molecular complexity index is 704. The van der Waals surface area contributed by atoms with Gasteiger partial charge in [0.15, 0.2) is 0 Å². The molecular formula is C15H13BrN2O3S. The number of nitro benzene ring substituents is 1. The molecule has 0 aliphatic heterocycles. The van der Waals surface area contributed by atoms with Crippen molar-refractivity contribution < 1.29 is 9.72 Å². The standard InChI is InChI=1S/C15H13BrN2O3S/c1-10-8-11(16)2-7-14(10)17-15(19)9-22-13-5-3-12(4-6-13)18(20)21/h2-8H,9H2,1H3,(H,17,19). The number of nitrogens with zero attached hydrogens (tertiary/aromatic N) is 1. The molecule has 0 radical (unpaired) electrons. The Labute approximate surface area is 140 Å². The van der Waals surface area contributed by atoms with E-state index in [9.17, 15) is 14.9 Å². The number of benzene rings is 2. The summed E-state index contributed by atoms with van der Waals surface area (Å²) in [4.78, 5) is 22.9. The van der Waals surface area contributed by atoms with Crippen molar-refractivity contribution in [2.45, 2.75) is 11.8 Å². The first-order valence-corrected chi connectivity index (χ1v) is 8.17. The SMILES string of the molecule is Cc1cc(Br)ccc1NC(=O)CSc1ccc([N+](=O)[O-])cc1. The van der Waals surface area contributed by atoms with E-state index in [1.54, 1.807) is 12.1 Å². The van der Waals surface area contributed by atoms with Crippen molar-refractivity contribution >= 4 is 45.0 Å². The van der Waals surface area contributed by atoms with Crippen LogP contribution in [0.4, 0.5) is 11.4 Å². The first kappa shape index (κ1) is 16.5. The van der Waals surface area contributed by atoms with Crippen molar-refractivity contribution in [3.05, 3.63) is 62.6 Å². The summed E-state index contributed by atoms with van der Waals surface area (Å²) in [6.07, 6.45) is 0. The molecule has 114 valence electrons. The van der Waals surface area contributed by atoms with Crippen molar-refractivity contribution in [2.75, 3.05) is 11.1 Å². The maximum atomic E-state index is 11.9. The van der Waals surface area contributed by atoms with Crippen molar-refractivity contribution in [3.63, 3.8) is 0 Å². The number of nitrogens with one attached hydrogen (secondary N) is 1. The number of non-ortho nitro benzene ring substituents is 1. The number of carbonyl (C=O) groups excluding carboxylic acids is 1. The molecule has 0 heterocycles. The molecule has 7 heteroatoms. The van der Waals surface area contributed by atoms with Crippen molar-refractivity contribution in [3.8, 4) is 0 Å². The van der Waals surface area contributed by atoms with Gasteiger partial charge in [-0.1, -0.05) is 15.9 Å². The highest BCUT2D eigenvalue weighted by Gasteiger charge is 2.08. The second-order valence-corrected chi connectivity index (χ2v) is 6.51. The number of carbonyl (C=O) groups is 1. The molecule has 2 aromatic rings. The van der Waals surface area contributed by atoms with E-state index in [0.717, 1.165) is 20.6 Å². The molecule has 0 aliphatic rings. The van der Waals surface area contributed by atoms with Crippen LogP contribution in [-0.2, 0) is 4.79 Å².